The van der Waals surface area contributed by atoms with Gasteiger partial charge in [-0.25, -0.2) is 0 Å². The average molecular weight is 291 g/mol. The van der Waals surface area contributed by atoms with Crippen LogP contribution in [0.2, 0.25) is 5.02 Å². The summed E-state index contributed by atoms with van der Waals surface area (Å²) in [6.07, 6.45) is 15.9. The van der Waals surface area contributed by atoms with Gasteiger partial charge < -0.3 is 0 Å². The van der Waals surface area contributed by atoms with Gasteiger partial charge in [0.05, 0.1) is 0 Å². The van der Waals surface area contributed by atoms with E-state index in [1.807, 2.05) is 30.3 Å². The van der Waals surface area contributed by atoms with Crippen LogP contribution < -0.4 is 0 Å². The van der Waals surface area contributed by atoms with Crippen LogP contribution >= 0.6 is 11.6 Å². The van der Waals surface area contributed by atoms with Crippen molar-refractivity contribution in [3.05, 3.63) is 79.6 Å². The Morgan fingerprint density at radius 2 is 1.39 bits per heavy atom. The van der Waals surface area contributed by atoms with Gasteiger partial charge in [-0.3, -0.25) is 0 Å². The normalized spacial score (nSPS) is 15.8. The van der Waals surface area contributed by atoms with Crippen LogP contribution in [0.25, 0.3) is 0 Å². The summed E-state index contributed by atoms with van der Waals surface area (Å²) in [6, 6.07) is 9.44. The Hall–Kier alpha value is -0.816. The molecule has 2 heteroatoms. The van der Waals surface area contributed by atoms with Crippen LogP contribution in [0.5, 0.6) is 0 Å². The molecule has 0 aliphatic heterocycles. The van der Waals surface area contributed by atoms with Crippen LogP contribution in [0.3, 0.4) is 0 Å². The fourth-order valence-corrected chi connectivity index (χ4v) is 3.74. The summed E-state index contributed by atoms with van der Waals surface area (Å²) in [6.45, 7) is 0. The van der Waals surface area contributed by atoms with E-state index in [-0.39, 0.29) is 19.2 Å². The zero-order valence-electron chi connectivity index (χ0n) is 10.1. The Morgan fingerprint density at radius 3 is 1.72 bits per heavy atom. The van der Waals surface area contributed by atoms with Gasteiger partial charge in [-0.1, -0.05) is 29.8 Å². The predicted octanol–water partition coefficient (Wildman–Crippen LogP) is 5.10. The maximum atomic E-state index is 5.54. The number of benzene rings is 1. The van der Waals surface area contributed by atoms with Crippen molar-refractivity contribution >= 4 is 11.6 Å². The van der Waals surface area contributed by atoms with E-state index in [1.165, 1.54) is 12.8 Å². The van der Waals surface area contributed by atoms with Gasteiger partial charge in [-0.05, 0) is 12.1 Å². The van der Waals surface area contributed by atoms with Gasteiger partial charge in [0.1, 0.15) is 0 Å². The fourth-order valence-electron chi connectivity index (χ4n) is 1.70. The summed E-state index contributed by atoms with van der Waals surface area (Å²) >= 11 is 5.62. The molecular formula is C16H15ClTi. The van der Waals surface area contributed by atoms with Crippen LogP contribution in [0, 0.1) is 0 Å². The summed E-state index contributed by atoms with van der Waals surface area (Å²) in [5.74, 6) is 0. The fraction of sp³-hybridized carbons (Fsp3) is 0.125. The number of halogens is 1. The van der Waals surface area contributed by atoms with Crippen LogP contribution in [0.4, 0.5) is 0 Å². The molecule has 0 aromatic heterocycles. The average Bonchev–Trinajstić information content (AvgIpc) is 3.05. The van der Waals surface area contributed by atoms with E-state index in [0.29, 0.717) is 0 Å². The molecule has 0 N–H and O–H groups in total. The standard InChI is InChI=1S/C6H5Cl.2C5H5.Ti/c7-6-4-2-1-3-5-6;2*1-2-4-5-3-1;/h1-5H;2*1-3H,4H2;. The molecule has 0 saturated heterocycles. The number of hydrogen-bond acceptors (Lipinski definition) is 0. The van der Waals surface area contributed by atoms with Gasteiger partial charge in [-0.15, -0.1) is 0 Å². The largest absolute Gasteiger partial charge is 0.0843 e. The molecule has 0 radical (unpaired) electrons. The topological polar surface area (TPSA) is 0 Å². The Balaban J connectivity index is 0.000000149. The van der Waals surface area contributed by atoms with E-state index < -0.39 is 0 Å². The van der Waals surface area contributed by atoms with Crippen LogP contribution in [0.15, 0.2) is 74.5 Å². The van der Waals surface area contributed by atoms with Gasteiger partial charge in [0.15, 0.2) is 0 Å². The third-order valence-corrected chi connectivity index (χ3v) is 5.01. The molecule has 90 valence electrons. The van der Waals surface area contributed by atoms with Crippen LogP contribution in [-0.2, 0) is 19.2 Å². The van der Waals surface area contributed by atoms with Crippen LogP contribution in [-0.4, -0.2) is 0 Å². The maximum absolute atomic E-state index is 5.54. The molecule has 1 aromatic carbocycles. The first-order valence-corrected chi connectivity index (χ1v) is 7.97. The van der Waals surface area contributed by atoms with Crippen molar-refractivity contribution in [2.45, 2.75) is 12.8 Å². The SMILES string of the molecule is C1=CC[C]([Ti][C]2=CC=CC2)=C1.Clc1ccccc1. The quantitative estimate of drug-likeness (QED) is 0.665. The number of hydrogen-bond donors (Lipinski definition) is 0. The van der Waals surface area contributed by atoms with Crippen molar-refractivity contribution < 1.29 is 19.2 Å². The summed E-state index contributed by atoms with van der Waals surface area (Å²) in [7, 11) is 0. The molecule has 0 unspecified atom stereocenters. The molecule has 0 amide bonds. The second-order valence-electron chi connectivity index (χ2n) is 4.07. The van der Waals surface area contributed by atoms with E-state index in [1.54, 1.807) is 7.76 Å². The maximum Gasteiger partial charge on any atom is 0.0405 e. The minimum atomic E-state index is 0.0833. The Kier molecular flexibility index (Phi) is 5.73. The third kappa shape index (κ3) is 4.82. The minimum Gasteiger partial charge on any atom is -0.0843 e. The third-order valence-electron chi connectivity index (χ3n) is 2.60. The molecule has 0 bridgehead atoms. The summed E-state index contributed by atoms with van der Waals surface area (Å²) in [5, 5.41) is 0.794. The predicted molar refractivity (Wildman–Crippen MR) is 75.1 cm³/mol. The summed E-state index contributed by atoms with van der Waals surface area (Å²) in [5.41, 5.74) is 0. The number of rotatable bonds is 2. The molecule has 2 aliphatic carbocycles. The van der Waals surface area contributed by atoms with Crippen molar-refractivity contribution in [1.82, 2.24) is 0 Å². The van der Waals surface area contributed by atoms with E-state index in [9.17, 15) is 0 Å². The monoisotopic (exact) mass is 290 g/mol. The van der Waals surface area contributed by atoms with Gasteiger partial charge in [0.25, 0.3) is 0 Å². The molecular weight excluding hydrogens is 275 g/mol. The second-order valence-corrected chi connectivity index (χ2v) is 6.90. The molecule has 18 heavy (non-hydrogen) atoms. The van der Waals surface area contributed by atoms with Gasteiger partial charge in [0, 0.05) is 5.02 Å². The molecule has 0 heterocycles. The van der Waals surface area contributed by atoms with Crippen molar-refractivity contribution in [3.63, 3.8) is 0 Å². The van der Waals surface area contributed by atoms with Gasteiger partial charge >= 0.3 is 76.2 Å². The number of allylic oxidation sites excluding steroid dienone is 8. The molecule has 3 rings (SSSR count). The van der Waals surface area contributed by atoms with Crippen LogP contribution in [0.1, 0.15) is 12.8 Å². The molecule has 0 fully saturated rings. The zero-order valence-corrected chi connectivity index (χ0v) is 12.5. The zero-order chi connectivity index (χ0) is 12.6. The molecule has 2 aliphatic rings. The van der Waals surface area contributed by atoms with Crippen molar-refractivity contribution in [2.75, 3.05) is 0 Å². The van der Waals surface area contributed by atoms with E-state index in [4.69, 9.17) is 11.6 Å². The Bertz CT molecular complexity index is 467. The Labute approximate surface area is 123 Å². The first-order valence-electron chi connectivity index (χ1n) is 6.03. The van der Waals surface area contributed by atoms with Gasteiger partial charge in [0.2, 0.25) is 0 Å². The first kappa shape index (κ1) is 13.6. The summed E-state index contributed by atoms with van der Waals surface area (Å²) < 4.78 is 3.36. The van der Waals surface area contributed by atoms with Crippen molar-refractivity contribution in [3.8, 4) is 0 Å². The molecule has 0 spiro atoms. The molecule has 1 aromatic rings. The van der Waals surface area contributed by atoms with Crippen molar-refractivity contribution in [2.24, 2.45) is 0 Å². The first-order chi connectivity index (χ1) is 8.84. The Morgan fingerprint density at radius 1 is 0.833 bits per heavy atom. The van der Waals surface area contributed by atoms with E-state index in [0.717, 1.165) is 5.02 Å². The summed E-state index contributed by atoms with van der Waals surface area (Å²) in [4.78, 5) is 0. The smallest absolute Gasteiger partial charge is 0.0405 e. The van der Waals surface area contributed by atoms with Gasteiger partial charge in [-0.2, -0.15) is 0 Å². The second kappa shape index (κ2) is 7.58. The van der Waals surface area contributed by atoms with E-state index in [2.05, 4.69) is 36.5 Å². The molecule has 0 nitrogen and oxygen atoms in total. The van der Waals surface area contributed by atoms with E-state index >= 15 is 0 Å². The molecule has 0 atom stereocenters. The minimum absolute atomic E-state index is 0.0833. The van der Waals surface area contributed by atoms with Crippen molar-refractivity contribution in [1.29, 1.82) is 0 Å². The molecule has 0 saturated carbocycles.